The first-order valence-electron chi connectivity index (χ1n) is 6.95. The lowest BCUT2D eigenvalue weighted by Crippen LogP contribution is -2.52. The maximum atomic E-state index is 11.9. The van der Waals surface area contributed by atoms with Gasteiger partial charge in [0, 0.05) is 6.20 Å². The van der Waals surface area contributed by atoms with Crippen LogP contribution >= 0.6 is 0 Å². The van der Waals surface area contributed by atoms with Crippen molar-refractivity contribution in [2.45, 2.75) is 46.7 Å². The summed E-state index contributed by atoms with van der Waals surface area (Å²) in [5.74, 6) is -1.05. The van der Waals surface area contributed by atoms with Crippen molar-refractivity contribution in [1.29, 1.82) is 0 Å². The van der Waals surface area contributed by atoms with Crippen LogP contribution in [-0.2, 0) is 17.8 Å². The molecule has 0 bridgehead atoms. The van der Waals surface area contributed by atoms with Gasteiger partial charge in [0.25, 0.3) is 0 Å². The molecule has 0 saturated heterocycles. The van der Waals surface area contributed by atoms with Crippen molar-refractivity contribution >= 4 is 12.0 Å². The van der Waals surface area contributed by atoms with Crippen molar-refractivity contribution in [1.82, 2.24) is 15.6 Å². The number of aliphatic carboxylic acids is 1. The molecule has 0 saturated carbocycles. The van der Waals surface area contributed by atoms with E-state index in [1.54, 1.807) is 27.0 Å². The molecule has 0 aromatic carbocycles. The number of urea groups is 1. The Bertz CT molecular complexity index is 509. The van der Waals surface area contributed by atoms with E-state index in [4.69, 9.17) is 0 Å². The van der Waals surface area contributed by atoms with Gasteiger partial charge in [-0.15, -0.1) is 0 Å². The summed E-state index contributed by atoms with van der Waals surface area (Å²) in [4.78, 5) is 27.3. The molecule has 1 heterocycles. The Balaban J connectivity index is 2.63. The molecule has 1 aromatic heterocycles. The van der Waals surface area contributed by atoms with Crippen molar-refractivity contribution in [3.8, 4) is 0 Å². The lowest BCUT2D eigenvalue weighted by Gasteiger charge is -2.27. The number of carboxylic acid groups (broad SMARTS) is 1. The third-order valence-electron chi connectivity index (χ3n) is 3.17. The van der Waals surface area contributed by atoms with Gasteiger partial charge in [-0.25, -0.2) is 9.59 Å². The summed E-state index contributed by atoms with van der Waals surface area (Å²) in [5, 5.41) is 14.3. The summed E-state index contributed by atoms with van der Waals surface area (Å²) < 4.78 is 0. The van der Waals surface area contributed by atoms with Gasteiger partial charge in [-0.3, -0.25) is 4.98 Å². The summed E-state index contributed by atoms with van der Waals surface area (Å²) in [6.07, 6.45) is 2.50. The third-order valence-corrected chi connectivity index (χ3v) is 3.17. The fraction of sp³-hybridized carbons (Fsp3) is 0.533. The number of pyridine rings is 1. The minimum atomic E-state index is -1.05. The molecule has 0 aliphatic carbocycles. The number of carboxylic acids is 1. The lowest BCUT2D eigenvalue weighted by molar-refractivity contribution is -0.141. The molecule has 0 spiro atoms. The van der Waals surface area contributed by atoms with Gasteiger partial charge in [0.2, 0.25) is 0 Å². The van der Waals surface area contributed by atoms with E-state index in [0.29, 0.717) is 0 Å². The van der Waals surface area contributed by atoms with Gasteiger partial charge in [-0.2, -0.15) is 0 Å². The SMILES string of the molecule is CCc1cccnc1CNC(=O)N[C@H](C(=O)O)C(C)(C)C. The normalized spacial score (nSPS) is 12.6. The van der Waals surface area contributed by atoms with E-state index < -0.39 is 23.5 Å². The molecule has 0 fully saturated rings. The molecule has 0 unspecified atom stereocenters. The molecular formula is C15H23N3O3. The van der Waals surface area contributed by atoms with Crippen LogP contribution in [-0.4, -0.2) is 28.1 Å². The first-order chi connectivity index (χ1) is 9.75. The first-order valence-corrected chi connectivity index (χ1v) is 6.95. The van der Waals surface area contributed by atoms with E-state index >= 15 is 0 Å². The number of amides is 2. The molecule has 0 aliphatic rings. The van der Waals surface area contributed by atoms with Crippen LogP contribution in [0.3, 0.4) is 0 Å². The van der Waals surface area contributed by atoms with Crippen molar-refractivity contribution in [2.75, 3.05) is 0 Å². The van der Waals surface area contributed by atoms with Crippen molar-refractivity contribution in [2.24, 2.45) is 5.41 Å². The number of aryl methyl sites for hydroxylation is 1. The zero-order chi connectivity index (χ0) is 16.0. The van der Waals surface area contributed by atoms with Crippen LogP contribution in [0.15, 0.2) is 18.3 Å². The molecule has 3 N–H and O–H groups in total. The van der Waals surface area contributed by atoms with Gasteiger partial charge in [0.05, 0.1) is 12.2 Å². The molecule has 0 radical (unpaired) electrons. The molecule has 116 valence electrons. The van der Waals surface area contributed by atoms with Crippen LogP contribution in [0.5, 0.6) is 0 Å². The molecular weight excluding hydrogens is 270 g/mol. The summed E-state index contributed by atoms with van der Waals surface area (Å²) >= 11 is 0. The number of nitrogens with one attached hydrogen (secondary N) is 2. The zero-order valence-corrected chi connectivity index (χ0v) is 12.9. The number of aromatic nitrogens is 1. The van der Waals surface area contributed by atoms with E-state index in [2.05, 4.69) is 15.6 Å². The second-order valence-electron chi connectivity index (χ2n) is 5.93. The highest BCUT2D eigenvalue weighted by Gasteiger charge is 2.32. The largest absolute Gasteiger partial charge is 0.480 e. The third kappa shape index (κ3) is 5.06. The minimum absolute atomic E-state index is 0.270. The predicted octanol–water partition coefficient (Wildman–Crippen LogP) is 1.94. The van der Waals surface area contributed by atoms with Gasteiger partial charge < -0.3 is 15.7 Å². The predicted molar refractivity (Wildman–Crippen MR) is 79.9 cm³/mol. The van der Waals surface area contributed by atoms with Crippen LogP contribution in [0.4, 0.5) is 4.79 Å². The number of carbonyl (C=O) groups is 2. The van der Waals surface area contributed by atoms with E-state index in [0.717, 1.165) is 17.7 Å². The number of hydrogen-bond acceptors (Lipinski definition) is 3. The van der Waals surface area contributed by atoms with Gasteiger partial charge in [-0.05, 0) is 23.5 Å². The Morgan fingerprint density at radius 3 is 2.57 bits per heavy atom. The van der Waals surface area contributed by atoms with Gasteiger partial charge in [0.15, 0.2) is 0 Å². The van der Waals surface area contributed by atoms with Crippen LogP contribution in [0.2, 0.25) is 0 Å². The summed E-state index contributed by atoms with van der Waals surface area (Å²) in [6, 6.07) is 2.34. The molecule has 0 aliphatic heterocycles. The van der Waals surface area contributed by atoms with Crippen molar-refractivity contribution < 1.29 is 14.7 Å². The van der Waals surface area contributed by atoms with Gasteiger partial charge in [0.1, 0.15) is 6.04 Å². The highest BCUT2D eigenvalue weighted by molar-refractivity contribution is 5.83. The Hall–Kier alpha value is -2.11. The van der Waals surface area contributed by atoms with Crippen LogP contribution in [0, 0.1) is 5.41 Å². The Morgan fingerprint density at radius 2 is 2.05 bits per heavy atom. The van der Waals surface area contributed by atoms with Crippen molar-refractivity contribution in [3.05, 3.63) is 29.6 Å². The topological polar surface area (TPSA) is 91.3 Å². The quantitative estimate of drug-likeness (QED) is 0.773. The van der Waals surface area contributed by atoms with Crippen LogP contribution in [0.25, 0.3) is 0 Å². The molecule has 1 aromatic rings. The number of carbonyl (C=O) groups excluding carboxylic acids is 1. The van der Waals surface area contributed by atoms with E-state index in [1.807, 2.05) is 19.1 Å². The second kappa shape index (κ2) is 7.06. The Morgan fingerprint density at radius 1 is 1.38 bits per heavy atom. The molecule has 2 amide bonds. The van der Waals surface area contributed by atoms with E-state index in [9.17, 15) is 14.7 Å². The first kappa shape index (κ1) is 16.9. The second-order valence-corrected chi connectivity index (χ2v) is 5.93. The summed E-state index contributed by atoms with van der Waals surface area (Å²) in [7, 11) is 0. The molecule has 1 atom stereocenters. The summed E-state index contributed by atoms with van der Waals surface area (Å²) in [6.45, 7) is 7.58. The standard InChI is InChI=1S/C15H23N3O3/c1-5-10-7-6-8-16-11(10)9-17-14(21)18-12(13(19)20)15(2,3)4/h6-8,12H,5,9H2,1-4H3,(H,19,20)(H2,17,18,21)/t12-/m1/s1. The van der Waals surface area contributed by atoms with E-state index in [1.165, 1.54) is 0 Å². The highest BCUT2D eigenvalue weighted by Crippen LogP contribution is 2.19. The number of nitrogens with zero attached hydrogens (tertiary/aromatic N) is 1. The maximum absolute atomic E-state index is 11.9. The van der Waals surface area contributed by atoms with Crippen molar-refractivity contribution in [3.63, 3.8) is 0 Å². The smallest absolute Gasteiger partial charge is 0.326 e. The van der Waals surface area contributed by atoms with Crippen LogP contribution in [0.1, 0.15) is 39.0 Å². The highest BCUT2D eigenvalue weighted by atomic mass is 16.4. The Labute approximate surface area is 125 Å². The molecule has 6 nitrogen and oxygen atoms in total. The summed E-state index contributed by atoms with van der Waals surface area (Å²) in [5.41, 5.74) is 1.28. The number of hydrogen-bond donors (Lipinski definition) is 3. The molecule has 1 rings (SSSR count). The lowest BCUT2D eigenvalue weighted by atomic mass is 9.87. The minimum Gasteiger partial charge on any atom is -0.480 e. The van der Waals surface area contributed by atoms with Gasteiger partial charge >= 0.3 is 12.0 Å². The monoisotopic (exact) mass is 293 g/mol. The molecule has 21 heavy (non-hydrogen) atoms. The Kier molecular flexibility index (Phi) is 5.69. The zero-order valence-electron chi connectivity index (χ0n) is 12.9. The maximum Gasteiger partial charge on any atom is 0.326 e. The average molecular weight is 293 g/mol. The number of rotatable bonds is 5. The molecule has 6 heteroatoms. The average Bonchev–Trinajstić information content (AvgIpc) is 2.41. The van der Waals surface area contributed by atoms with Gasteiger partial charge in [-0.1, -0.05) is 33.8 Å². The fourth-order valence-corrected chi connectivity index (χ4v) is 1.95. The van der Waals surface area contributed by atoms with E-state index in [-0.39, 0.29) is 6.54 Å². The fourth-order valence-electron chi connectivity index (χ4n) is 1.95. The van der Waals surface area contributed by atoms with Crippen LogP contribution < -0.4 is 10.6 Å².